The molecule has 4 rings (SSSR count). The highest BCUT2D eigenvalue weighted by molar-refractivity contribution is 9.10. The molecule has 1 heterocycles. The van der Waals surface area contributed by atoms with E-state index in [0.29, 0.717) is 31.1 Å². The van der Waals surface area contributed by atoms with Gasteiger partial charge in [-0.1, -0.05) is 58.4 Å². The number of esters is 1. The van der Waals surface area contributed by atoms with Crippen LogP contribution in [0.3, 0.4) is 0 Å². The van der Waals surface area contributed by atoms with Crippen LogP contribution in [0.5, 0.6) is 11.5 Å². The molecule has 0 N–H and O–H groups in total. The van der Waals surface area contributed by atoms with Gasteiger partial charge < -0.3 is 14.2 Å². The summed E-state index contributed by atoms with van der Waals surface area (Å²) in [5.74, 6) is 0.921. The number of benzene rings is 3. The summed E-state index contributed by atoms with van der Waals surface area (Å²) in [6.45, 7) is 0.709. The monoisotopic (exact) mass is 509 g/mol. The molecule has 7 heteroatoms. The highest BCUT2D eigenvalue weighted by atomic mass is 79.9. The Kier molecular flexibility index (Phi) is 7.29. The van der Waals surface area contributed by atoms with Crippen LogP contribution in [0.25, 0.3) is 0 Å². The zero-order valence-corrected chi connectivity index (χ0v) is 19.8. The SMILES string of the molecule is COC(=O)Cc1cccc(Oc2ccc(Br)cc2CN2C(=O)OCC2Cc2ccccc2)c1. The molecule has 3 aromatic rings. The van der Waals surface area contributed by atoms with E-state index in [0.717, 1.165) is 21.2 Å². The second-order valence-electron chi connectivity index (χ2n) is 7.80. The van der Waals surface area contributed by atoms with Crippen molar-refractivity contribution in [2.24, 2.45) is 0 Å². The Hall–Kier alpha value is -3.32. The number of cyclic esters (lactones) is 1. The highest BCUT2D eigenvalue weighted by Gasteiger charge is 2.33. The fourth-order valence-corrected chi connectivity index (χ4v) is 4.19. The van der Waals surface area contributed by atoms with Crippen LogP contribution in [0.4, 0.5) is 4.79 Å². The van der Waals surface area contributed by atoms with Gasteiger partial charge in [-0.25, -0.2) is 4.79 Å². The summed E-state index contributed by atoms with van der Waals surface area (Å²) < 4.78 is 17.2. The summed E-state index contributed by atoms with van der Waals surface area (Å²) in [7, 11) is 1.37. The smallest absolute Gasteiger partial charge is 0.410 e. The lowest BCUT2D eigenvalue weighted by Crippen LogP contribution is -2.34. The number of halogens is 1. The molecule has 1 aliphatic rings. The molecule has 1 atom stereocenters. The van der Waals surface area contributed by atoms with Gasteiger partial charge in [0.05, 0.1) is 26.1 Å². The average Bonchev–Trinajstić information content (AvgIpc) is 3.15. The first-order valence-corrected chi connectivity index (χ1v) is 11.4. The minimum absolute atomic E-state index is 0.0601. The first-order valence-electron chi connectivity index (χ1n) is 10.6. The summed E-state index contributed by atoms with van der Waals surface area (Å²) in [4.78, 5) is 25.9. The first-order chi connectivity index (χ1) is 16.0. The van der Waals surface area contributed by atoms with Crippen molar-refractivity contribution in [3.8, 4) is 11.5 Å². The van der Waals surface area contributed by atoms with E-state index in [1.165, 1.54) is 7.11 Å². The minimum atomic E-state index is -0.332. The Morgan fingerprint density at radius 2 is 1.85 bits per heavy atom. The van der Waals surface area contributed by atoms with Crippen molar-refractivity contribution in [2.75, 3.05) is 13.7 Å². The van der Waals surface area contributed by atoms with Gasteiger partial charge in [0.15, 0.2) is 0 Å². The molecule has 1 fully saturated rings. The van der Waals surface area contributed by atoms with Gasteiger partial charge >= 0.3 is 12.1 Å². The number of carbonyl (C=O) groups is 2. The molecule has 6 nitrogen and oxygen atoms in total. The molecule has 1 aliphatic heterocycles. The molecule has 1 saturated heterocycles. The lowest BCUT2D eigenvalue weighted by atomic mass is 10.1. The lowest BCUT2D eigenvalue weighted by molar-refractivity contribution is -0.139. The summed E-state index contributed by atoms with van der Waals surface area (Å²) >= 11 is 3.52. The van der Waals surface area contributed by atoms with Crippen molar-refractivity contribution in [2.45, 2.75) is 25.4 Å². The van der Waals surface area contributed by atoms with Crippen LogP contribution in [0.15, 0.2) is 77.3 Å². The Bertz CT molecular complexity index is 1130. The molecule has 33 heavy (non-hydrogen) atoms. The normalized spacial score (nSPS) is 15.3. The van der Waals surface area contributed by atoms with E-state index in [4.69, 9.17) is 14.2 Å². The van der Waals surface area contributed by atoms with E-state index >= 15 is 0 Å². The van der Waals surface area contributed by atoms with E-state index in [2.05, 4.69) is 28.1 Å². The summed E-state index contributed by atoms with van der Waals surface area (Å²) in [5.41, 5.74) is 2.79. The molecule has 0 aliphatic carbocycles. The highest BCUT2D eigenvalue weighted by Crippen LogP contribution is 2.31. The maximum absolute atomic E-state index is 12.5. The van der Waals surface area contributed by atoms with Crippen LogP contribution in [-0.2, 0) is 33.7 Å². The van der Waals surface area contributed by atoms with Gasteiger partial charge in [0.25, 0.3) is 0 Å². The number of ether oxygens (including phenoxy) is 3. The third-order valence-electron chi connectivity index (χ3n) is 5.45. The molecule has 0 bridgehead atoms. The number of carbonyl (C=O) groups excluding carboxylic acids is 2. The molecule has 1 amide bonds. The second kappa shape index (κ2) is 10.5. The predicted molar refractivity (Wildman–Crippen MR) is 127 cm³/mol. The summed E-state index contributed by atoms with van der Waals surface area (Å²) in [5, 5.41) is 0. The zero-order valence-electron chi connectivity index (χ0n) is 18.2. The Balaban J connectivity index is 1.54. The van der Waals surface area contributed by atoms with E-state index in [-0.39, 0.29) is 24.5 Å². The third kappa shape index (κ3) is 5.93. The standard InChI is InChI=1S/C26H24BrNO5/c1-31-25(29)14-19-8-5-9-23(13-19)33-24-11-10-21(27)15-20(24)16-28-22(17-32-26(28)30)12-18-6-3-2-4-7-18/h2-11,13,15,22H,12,14,16-17H2,1H3. The van der Waals surface area contributed by atoms with Gasteiger partial charge in [0.1, 0.15) is 18.1 Å². The molecule has 170 valence electrons. The fourth-order valence-electron chi connectivity index (χ4n) is 3.78. The molecule has 0 saturated carbocycles. The van der Waals surface area contributed by atoms with Crippen molar-refractivity contribution in [3.63, 3.8) is 0 Å². The second-order valence-corrected chi connectivity index (χ2v) is 8.72. The number of methoxy groups -OCH3 is 1. The van der Waals surface area contributed by atoms with Crippen LogP contribution in [0.2, 0.25) is 0 Å². The molecule has 0 aromatic heterocycles. The topological polar surface area (TPSA) is 65.1 Å². The minimum Gasteiger partial charge on any atom is -0.469 e. The van der Waals surface area contributed by atoms with Crippen molar-refractivity contribution in [1.82, 2.24) is 4.90 Å². The number of hydrogen-bond donors (Lipinski definition) is 0. The van der Waals surface area contributed by atoms with Crippen LogP contribution in [-0.4, -0.2) is 36.7 Å². The van der Waals surface area contributed by atoms with Gasteiger partial charge in [-0.3, -0.25) is 9.69 Å². The molecule has 0 spiro atoms. The van der Waals surface area contributed by atoms with Gasteiger partial charge in [-0.2, -0.15) is 0 Å². The van der Waals surface area contributed by atoms with Crippen molar-refractivity contribution in [1.29, 1.82) is 0 Å². The van der Waals surface area contributed by atoms with Gasteiger partial charge in [-0.15, -0.1) is 0 Å². The number of amides is 1. The van der Waals surface area contributed by atoms with E-state index in [1.54, 1.807) is 4.90 Å². The Morgan fingerprint density at radius 1 is 1.06 bits per heavy atom. The first kappa shape index (κ1) is 22.9. The van der Waals surface area contributed by atoms with Gasteiger partial charge in [-0.05, 0) is 47.9 Å². The number of nitrogens with zero attached hydrogens (tertiary/aromatic N) is 1. The van der Waals surface area contributed by atoms with E-state index < -0.39 is 0 Å². The maximum Gasteiger partial charge on any atom is 0.410 e. The Morgan fingerprint density at radius 3 is 2.64 bits per heavy atom. The average molecular weight is 510 g/mol. The molecule has 1 unspecified atom stereocenters. The summed E-state index contributed by atoms with van der Waals surface area (Å²) in [6, 6.07) is 23.0. The van der Waals surface area contributed by atoms with Crippen molar-refractivity contribution >= 4 is 28.0 Å². The number of hydrogen-bond acceptors (Lipinski definition) is 5. The zero-order chi connectivity index (χ0) is 23.2. The van der Waals surface area contributed by atoms with Gasteiger partial charge in [0.2, 0.25) is 0 Å². The van der Waals surface area contributed by atoms with Crippen LogP contribution >= 0.6 is 15.9 Å². The van der Waals surface area contributed by atoms with E-state index in [9.17, 15) is 9.59 Å². The van der Waals surface area contributed by atoms with Crippen LogP contribution in [0.1, 0.15) is 16.7 Å². The quantitative estimate of drug-likeness (QED) is 0.374. The molecular weight excluding hydrogens is 486 g/mol. The molecule has 0 radical (unpaired) electrons. The van der Waals surface area contributed by atoms with Crippen LogP contribution in [0, 0.1) is 0 Å². The lowest BCUT2D eigenvalue weighted by Gasteiger charge is -2.23. The molecule has 3 aromatic carbocycles. The Labute approximate surface area is 201 Å². The van der Waals surface area contributed by atoms with Crippen LogP contribution < -0.4 is 4.74 Å². The maximum atomic E-state index is 12.5. The van der Waals surface area contributed by atoms with Gasteiger partial charge in [0, 0.05) is 10.0 Å². The van der Waals surface area contributed by atoms with Crippen molar-refractivity contribution in [3.05, 3.63) is 94.0 Å². The third-order valence-corrected chi connectivity index (χ3v) is 5.95. The summed E-state index contributed by atoms with van der Waals surface area (Å²) in [6.07, 6.45) is 0.551. The predicted octanol–water partition coefficient (Wildman–Crippen LogP) is 5.52. The van der Waals surface area contributed by atoms with E-state index in [1.807, 2.05) is 60.7 Å². The fraction of sp³-hybridized carbons (Fsp3) is 0.231. The largest absolute Gasteiger partial charge is 0.469 e. The van der Waals surface area contributed by atoms with Crippen molar-refractivity contribution < 1.29 is 23.8 Å². The number of rotatable bonds is 8. The molecular formula is C26H24BrNO5.